The molecule has 1 atom stereocenters. The van der Waals surface area contributed by atoms with Crippen LogP contribution in [0.1, 0.15) is 39.0 Å². The van der Waals surface area contributed by atoms with Gasteiger partial charge in [0.05, 0.1) is 10.9 Å². The van der Waals surface area contributed by atoms with Gasteiger partial charge in [0.25, 0.3) is 5.56 Å². The van der Waals surface area contributed by atoms with Crippen molar-refractivity contribution in [3.63, 3.8) is 0 Å². The van der Waals surface area contributed by atoms with Crippen LogP contribution in [0.15, 0.2) is 29.1 Å². The molecule has 1 aromatic carbocycles. The Labute approximate surface area is 160 Å². The quantitative estimate of drug-likeness (QED) is 0.406. The Morgan fingerprint density at radius 1 is 1.35 bits per heavy atom. The average molecular weight is 393 g/mol. The van der Waals surface area contributed by atoms with Crippen LogP contribution in [0.3, 0.4) is 0 Å². The van der Waals surface area contributed by atoms with E-state index in [-0.39, 0.29) is 11.5 Å². The largest absolute Gasteiger partial charge is 0.277 e. The maximum absolute atomic E-state index is 12.5. The number of benzene rings is 1. The fourth-order valence-electron chi connectivity index (χ4n) is 2.97. The van der Waals surface area contributed by atoms with E-state index in [1.165, 1.54) is 23.2 Å². The summed E-state index contributed by atoms with van der Waals surface area (Å²) in [5, 5.41) is 1.33. The van der Waals surface area contributed by atoms with Gasteiger partial charge in [-0.2, -0.15) is 0 Å². The summed E-state index contributed by atoms with van der Waals surface area (Å²) in [6.07, 6.45) is 4.88. The number of amides is 1. The minimum Gasteiger partial charge on any atom is -0.277 e. The van der Waals surface area contributed by atoms with Gasteiger partial charge >= 0.3 is 0 Å². The molecular weight excluding hydrogens is 368 g/mol. The minimum atomic E-state index is -0.109. The molecule has 0 spiro atoms. The van der Waals surface area contributed by atoms with E-state index in [1.54, 1.807) is 12.1 Å². The van der Waals surface area contributed by atoms with Gasteiger partial charge in [-0.15, -0.1) is 0 Å². The molecule has 6 nitrogen and oxygen atoms in total. The summed E-state index contributed by atoms with van der Waals surface area (Å²) in [5.74, 6) is 1.53. The molecule has 8 heteroatoms. The highest BCUT2D eigenvalue weighted by Crippen LogP contribution is 2.39. The van der Waals surface area contributed by atoms with Crippen molar-refractivity contribution in [3.05, 3.63) is 34.6 Å². The molecule has 1 amide bonds. The first-order valence-corrected chi connectivity index (χ1v) is 11.4. The summed E-state index contributed by atoms with van der Waals surface area (Å²) in [5.41, 5.74) is 6.00. The third-order valence-corrected chi connectivity index (χ3v) is 7.41. The maximum Gasteiger partial charge on any atom is 0.262 e. The van der Waals surface area contributed by atoms with Gasteiger partial charge in [-0.25, -0.2) is 4.98 Å². The van der Waals surface area contributed by atoms with Crippen molar-refractivity contribution in [2.24, 2.45) is 0 Å². The third-order valence-electron chi connectivity index (χ3n) is 4.40. The summed E-state index contributed by atoms with van der Waals surface area (Å²) in [6, 6.07) is 7.22. The van der Waals surface area contributed by atoms with Gasteiger partial charge in [-0.05, 0) is 38.3 Å². The number of carbonyl (C=O) groups excluding carboxylic acids is 1. The summed E-state index contributed by atoms with van der Waals surface area (Å²) >= 11 is 0. The molecule has 2 N–H and O–H groups in total. The van der Waals surface area contributed by atoms with E-state index in [4.69, 9.17) is 0 Å². The number of anilines is 1. The summed E-state index contributed by atoms with van der Waals surface area (Å²) in [4.78, 5) is 29.1. The Morgan fingerprint density at radius 3 is 2.96 bits per heavy atom. The molecule has 0 aliphatic carbocycles. The lowest BCUT2D eigenvalue weighted by Crippen LogP contribution is -2.34. The number of fused-ring (bicyclic) bond motifs is 1. The van der Waals surface area contributed by atoms with Crippen molar-refractivity contribution in [1.82, 2.24) is 15.0 Å². The van der Waals surface area contributed by atoms with Crippen LogP contribution in [-0.2, 0) is 11.3 Å². The van der Waals surface area contributed by atoms with Crippen LogP contribution in [0, 0.1) is 0 Å². The molecule has 0 bridgehead atoms. The molecule has 0 saturated carbocycles. The Hall–Kier alpha value is -1.67. The van der Waals surface area contributed by atoms with Gasteiger partial charge in [0.1, 0.15) is 0 Å². The van der Waals surface area contributed by atoms with Crippen LogP contribution in [0.5, 0.6) is 0 Å². The second-order valence-electron chi connectivity index (χ2n) is 6.25. The SMILES string of the molecule is CCn1c(NNC(=O)CCCCC2CCSS2)nc2ccccc2c1=O. The number of carbonyl (C=O) groups is 1. The highest BCUT2D eigenvalue weighted by atomic mass is 33.1. The van der Waals surface area contributed by atoms with Crippen molar-refractivity contribution in [2.45, 2.75) is 50.8 Å². The molecule has 2 aromatic rings. The van der Waals surface area contributed by atoms with Gasteiger partial charge in [-0.1, -0.05) is 40.1 Å². The zero-order chi connectivity index (χ0) is 18.4. The van der Waals surface area contributed by atoms with Crippen molar-refractivity contribution < 1.29 is 4.79 Å². The smallest absolute Gasteiger partial charge is 0.262 e. The predicted octanol–water partition coefficient (Wildman–Crippen LogP) is 3.57. The standard InChI is InChI=1S/C18H24N4O2S2/c1-2-22-17(24)14-8-4-5-9-15(14)19-18(22)21-20-16(23)10-6-3-7-13-11-12-25-26-13/h4-5,8-9,13H,2-3,6-7,10-12H2,1H3,(H,19,21)(H,20,23). The van der Waals surface area contributed by atoms with Gasteiger partial charge in [-0.3, -0.25) is 25.0 Å². The van der Waals surface area contributed by atoms with E-state index in [2.05, 4.69) is 15.8 Å². The summed E-state index contributed by atoms with van der Waals surface area (Å²) in [6.45, 7) is 2.36. The Kier molecular flexibility index (Phi) is 6.85. The van der Waals surface area contributed by atoms with Gasteiger partial charge in [0, 0.05) is 24.0 Å². The molecule has 2 heterocycles. The zero-order valence-electron chi connectivity index (χ0n) is 14.9. The van der Waals surface area contributed by atoms with Crippen molar-refractivity contribution in [2.75, 3.05) is 11.2 Å². The number of hydrazine groups is 1. The van der Waals surface area contributed by atoms with Crippen molar-refractivity contribution in [1.29, 1.82) is 0 Å². The average Bonchev–Trinajstić information content (AvgIpc) is 3.17. The molecule has 1 fully saturated rings. The molecule has 3 rings (SSSR count). The fraction of sp³-hybridized carbons (Fsp3) is 0.500. The molecule has 0 radical (unpaired) electrons. The number of hydrogen-bond acceptors (Lipinski definition) is 6. The van der Waals surface area contributed by atoms with Gasteiger partial charge < -0.3 is 0 Å². The van der Waals surface area contributed by atoms with E-state index in [9.17, 15) is 9.59 Å². The molecule has 140 valence electrons. The zero-order valence-corrected chi connectivity index (χ0v) is 16.5. The summed E-state index contributed by atoms with van der Waals surface area (Å²) in [7, 11) is 3.93. The normalized spacial score (nSPS) is 16.7. The monoisotopic (exact) mass is 392 g/mol. The number of rotatable bonds is 8. The Balaban J connectivity index is 1.53. The number of nitrogens with zero attached hydrogens (tertiary/aromatic N) is 2. The fourth-order valence-corrected chi connectivity index (χ4v) is 5.99. The van der Waals surface area contributed by atoms with E-state index in [0.717, 1.165) is 18.1 Å². The molecular formula is C18H24N4O2S2. The number of nitrogens with one attached hydrogen (secondary N) is 2. The predicted molar refractivity (Wildman–Crippen MR) is 110 cm³/mol. The first kappa shape index (κ1) is 19.1. The lowest BCUT2D eigenvalue weighted by Gasteiger charge is -2.14. The van der Waals surface area contributed by atoms with Crippen LogP contribution >= 0.6 is 21.6 Å². The third kappa shape index (κ3) is 4.73. The van der Waals surface area contributed by atoms with E-state index < -0.39 is 0 Å². The Morgan fingerprint density at radius 2 is 2.19 bits per heavy atom. The van der Waals surface area contributed by atoms with E-state index in [0.29, 0.717) is 29.8 Å². The highest BCUT2D eigenvalue weighted by molar-refractivity contribution is 8.77. The number of hydrogen-bond donors (Lipinski definition) is 2. The van der Waals surface area contributed by atoms with E-state index in [1.807, 2.05) is 40.6 Å². The highest BCUT2D eigenvalue weighted by Gasteiger charge is 2.16. The maximum atomic E-state index is 12.5. The number of unbranched alkanes of at least 4 members (excludes halogenated alkanes) is 1. The molecule has 1 aromatic heterocycles. The van der Waals surface area contributed by atoms with E-state index >= 15 is 0 Å². The minimum absolute atomic E-state index is 0.0801. The molecule has 1 unspecified atom stereocenters. The lowest BCUT2D eigenvalue weighted by molar-refractivity contribution is -0.120. The number of aromatic nitrogens is 2. The van der Waals surface area contributed by atoms with Crippen LogP contribution < -0.4 is 16.4 Å². The molecule has 26 heavy (non-hydrogen) atoms. The molecule has 1 aliphatic rings. The second kappa shape index (κ2) is 9.32. The first-order valence-electron chi connectivity index (χ1n) is 9.01. The van der Waals surface area contributed by atoms with Crippen LogP contribution in [0.25, 0.3) is 10.9 Å². The number of para-hydroxylation sites is 1. The first-order chi connectivity index (χ1) is 12.7. The van der Waals surface area contributed by atoms with Crippen LogP contribution in [0.2, 0.25) is 0 Å². The lowest BCUT2D eigenvalue weighted by atomic mass is 10.1. The molecule has 1 saturated heterocycles. The van der Waals surface area contributed by atoms with Gasteiger partial charge in [0.2, 0.25) is 11.9 Å². The second-order valence-corrected chi connectivity index (χ2v) is 9.04. The Bertz CT molecular complexity index is 818. The van der Waals surface area contributed by atoms with Crippen LogP contribution in [-0.4, -0.2) is 26.5 Å². The molecule has 1 aliphatic heterocycles. The van der Waals surface area contributed by atoms with Gasteiger partial charge in [0.15, 0.2) is 0 Å². The van der Waals surface area contributed by atoms with Crippen LogP contribution in [0.4, 0.5) is 5.95 Å². The van der Waals surface area contributed by atoms with Crippen molar-refractivity contribution in [3.8, 4) is 0 Å². The van der Waals surface area contributed by atoms with Crippen molar-refractivity contribution >= 4 is 44.3 Å². The topological polar surface area (TPSA) is 76.0 Å². The summed E-state index contributed by atoms with van der Waals surface area (Å²) < 4.78 is 1.53.